The van der Waals surface area contributed by atoms with Gasteiger partial charge in [-0.1, -0.05) is 6.92 Å². The van der Waals surface area contributed by atoms with Crippen LogP contribution in [0.25, 0.3) is 0 Å². The van der Waals surface area contributed by atoms with Crippen LogP contribution in [0.4, 0.5) is 0 Å². The highest BCUT2D eigenvalue weighted by molar-refractivity contribution is 5.88. The Morgan fingerprint density at radius 2 is 1.38 bits per heavy atom. The molecule has 0 bridgehead atoms. The zero-order chi connectivity index (χ0) is 21.1. The predicted molar refractivity (Wildman–Crippen MR) is 79.7 cm³/mol. The van der Waals surface area contributed by atoms with Gasteiger partial charge in [-0.05, 0) is 6.92 Å². The van der Waals surface area contributed by atoms with Crippen molar-refractivity contribution in [2.75, 3.05) is 0 Å². The molecule has 0 aliphatic rings. The number of aliphatic carboxylic acids is 3. The molecule has 12 heteroatoms. The van der Waals surface area contributed by atoms with Crippen molar-refractivity contribution in [2.24, 2.45) is 0 Å². The van der Waals surface area contributed by atoms with E-state index in [1.165, 1.54) is 6.92 Å². The smallest absolute Gasteiger partial charge is 0.354 e. The first-order chi connectivity index (χ1) is 11.7. The van der Waals surface area contributed by atoms with Gasteiger partial charge in [0.2, 0.25) is 0 Å². The molecule has 0 fully saturated rings. The Morgan fingerprint density at radius 1 is 0.962 bits per heavy atom. The van der Waals surface area contributed by atoms with Crippen molar-refractivity contribution in [2.45, 2.75) is 51.7 Å². The lowest BCUT2D eigenvalue weighted by Crippen LogP contribution is -2.42. The Balaban J connectivity index is 0. The van der Waals surface area contributed by atoms with Crippen molar-refractivity contribution in [3.8, 4) is 0 Å². The van der Waals surface area contributed by atoms with Crippen molar-refractivity contribution in [3.05, 3.63) is 0 Å². The number of carboxylic acid groups (broad SMARTS) is 3. The molecule has 0 rings (SSSR count). The van der Waals surface area contributed by atoms with E-state index in [9.17, 15) is 28.8 Å². The molecular weight excluding hydrogens is 360 g/mol. The third kappa shape index (κ3) is 11.5. The van der Waals surface area contributed by atoms with Crippen LogP contribution in [-0.4, -0.2) is 67.9 Å². The van der Waals surface area contributed by atoms with Crippen LogP contribution in [0, 0.1) is 0 Å². The van der Waals surface area contributed by atoms with Crippen LogP contribution >= 0.6 is 0 Å². The molecular formula is C14H20O12. The number of rotatable bonds is 8. The maximum atomic E-state index is 10.9. The van der Waals surface area contributed by atoms with Gasteiger partial charge < -0.3 is 29.9 Å². The highest BCUT2D eigenvalue weighted by atomic mass is 16.6. The van der Waals surface area contributed by atoms with Crippen LogP contribution in [-0.2, 0) is 38.2 Å². The lowest BCUT2D eigenvalue weighted by atomic mass is 9.96. The van der Waals surface area contributed by atoms with E-state index in [0.717, 1.165) is 6.92 Å². The molecule has 1 unspecified atom stereocenters. The summed E-state index contributed by atoms with van der Waals surface area (Å²) in [4.78, 5) is 62.4. The van der Waals surface area contributed by atoms with E-state index in [1.807, 2.05) is 0 Å². The summed E-state index contributed by atoms with van der Waals surface area (Å²) in [5, 5.41) is 33.8. The standard InChI is InChI=1S/C8H12O5.C6H8O7/c1-4-7(10)12-5(2)8(11)13-6(3)9;7-3(8)1-6(13,5(11)12)2-4(9)10/h5H,4H2,1-3H3;13H,1-2H2,(H,7,8)(H,9,10)(H,11,12). The first kappa shape index (κ1) is 25.2. The second-order valence-electron chi connectivity index (χ2n) is 4.88. The first-order valence-corrected chi connectivity index (χ1v) is 7.06. The van der Waals surface area contributed by atoms with E-state index in [0.29, 0.717) is 0 Å². The fourth-order valence-corrected chi connectivity index (χ4v) is 1.27. The Bertz CT molecular complexity index is 548. The SMILES string of the molecule is CCC(=O)OC(C)C(=O)OC(C)=O.O=C(O)CC(O)(CC(=O)O)C(=O)O. The van der Waals surface area contributed by atoms with Gasteiger partial charge in [-0.15, -0.1) is 0 Å². The summed E-state index contributed by atoms with van der Waals surface area (Å²) >= 11 is 0. The van der Waals surface area contributed by atoms with Gasteiger partial charge in [-0.25, -0.2) is 9.59 Å². The Labute approximate surface area is 147 Å². The van der Waals surface area contributed by atoms with Crippen LogP contribution in [0.15, 0.2) is 0 Å². The number of carboxylic acids is 3. The van der Waals surface area contributed by atoms with Gasteiger partial charge in [0.25, 0.3) is 0 Å². The van der Waals surface area contributed by atoms with Crippen molar-refractivity contribution < 1.29 is 58.7 Å². The minimum Gasteiger partial charge on any atom is -0.481 e. The largest absolute Gasteiger partial charge is 0.481 e. The molecule has 0 aliphatic heterocycles. The zero-order valence-corrected chi connectivity index (χ0v) is 14.3. The molecule has 0 heterocycles. The average molecular weight is 380 g/mol. The molecule has 0 saturated heterocycles. The van der Waals surface area contributed by atoms with E-state index in [1.54, 1.807) is 6.92 Å². The molecule has 26 heavy (non-hydrogen) atoms. The molecule has 12 nitrogen and oxygen atoms in total. The normalized spacial score (nSPS) is 11.2. The maximum Gasteiger partial charge on any atom is 0.354 e. The van der Waals surface area contributed by atoms with Crippen LogP contribution in [0.1, 0.15) is 40.0 Å². The van der Waals surface area contributed by atoms with E-state index < -0.39 is 60.4 Å². The summed E-state index contributed by atoms with van der Waals surface area (Å²) in [7, 11) is 0. The summed E-state index contributed by atoms with van der Waals surface area (Å²) < 4.78 is 8.80. The summed E-state index contributed by atoms with van der Waals surface area (Å²) in [6.45, 7) is 4.05. The van der Waals surface area contributed by atoms with Crippen molar-refractivity contribution >= 4 is 35.8 Å². The number of ether oxygens (including phenoxy) is 2. The summed E-state index contributed by atoms with van der Waals surface area (Å²) in [6.07, 6.45) is -3.14. The van der Waals surface area contributed by atoms with E-state index in [2.05, 4.69) is 9.47 Å². The zero-order valence-electron chi connectivity index (χ0n) is 14.3. The van der Waals surface area contributed by atoms with Crippen LogP contribution < -0.4 is 0 Å². The van der Waals surface area contributed by atoms with Crippen LogP contribution in [0.2, 0.25) is 0 Å². The maximum absolute atomic E-state index is 10.9. The molecule has 0 aromatic carbocycles. The van der Waals surface area contributed by atoms with Gasteiger partial charge in [0.05, 0.1) is 12.8 Å². The number of esters is 3. The third-order valence-corrected chi connectivity index (χ3v) is 2.46. The minimum absolute atomic E-state index is 0.178. The fraction of sp³-hybridized carbons (Fsp3) is 0.571. The molecule has 0 amide bonds. The monoisotopic (exact) mass is 380 g/mol. The summed E-state index contributed by atoms with van der Waals surface area (Å²) in [5.74, 6) is -7.10. The van der Waals surface area contributed by atoms with E-state index >= 15 is 0 Å². The van der Waals surface area contributed by atoms with Crippen LogP contribution in [0.5, 0.6) is 0 Å². The van der Waals surface area contributed by atoms with Crippen molar-refractivity contribution in [1.29, 1.82) is 0 Å². The number of carbonyl (C=O) groups is 6. The lowest BCUT2D eigenvalue weighted by Gasteiger charge is -2.18. The highest BCUT2D eigenvalue weighted by Gasteiger charge is 2.40. The van der Waals surface area contributed by atoms with E-state index in [4.69, 9.17) is 20.4 Å². The Hall–Kier alpha value is -3.02. The van der Waals surface area contributed by atoms with E-state index in [-0.39, 0.29) is 6.42 Å². The second kappa shape index (κ2) is 11.5. The molecule has 0 aliphatic carbocycles. The first-order valence-electron chi connectivity index (χ1n) is 7.06. The Kier molecular flexibility index (Phi) is 11.2. The molecule has 1 atom stereocenters. The lowest BCUT2D eigenvalue weighted by molar-refractivity contribution is -0.172. The molecule has 148 valence electrons. The topological polar surface area (TPSA) is 202 Å². The molecule has 0 aromatic rings. The van der Waals surface area contributed by atoms with Crippen LogP contribution in [0.3, 0.4) is 0 Å². The van der Waals surface area contributed by atoms with Gasteiger partial charge in [-0.3, -0.25) is 19.2 Å². The number of aliphatic hydroxyl groups is 1. The average Bonchev–Trinajstić information content (AvgIpc) is 2.44. The number of hydrogen-bond donors (Lipinski definition) is 4. The third-order valence-electron chi connectivity index (χ3n) is 2.46. The quantitative estimate of drug-likeness (QED) is 0.301. The predicted octanol–water partition coefficient (Wildman–Crippen LogP) is -0.831. The van der Waals surface area contributed by atoms with Gasteiger partial charge >= 0.3 is 35.8 Å². The van der Waals surface area contributed by atoms with Gasteiger partial charge in [0, 0.05) is 13.3 Å². The molecule has 0 aromatic heterocycles. The van der Waals surface area contributed by atoms with Gasteiger partial charge in [0.1, 0.15) is 0 Å². The fourth-order valence-electron chi connectivity index (χ4n) is 1.27. The number of carbonyl (C=O) groups excluding carboxylic acids is 3. The van der Waals surface area contributed by atoms with Gasteiger partial charge in [-0.2, -0.15) is 0 Å². The molecule has 0 spiro atoms. The second-order valence-corrected chi connectivity index (χ2v) is 4.88. The molecule has 4 N–H and O–H groups in total. The highest BCUT2D eigenvalue weighted by Crippen LogP contribution is 2.15. The molecule has 0 saturated carbocycles. The van der Waals surface area contributed by atoms with Crippen molar-refractivity contribution in [1.82, 2.24) is 0 Å². The minimum atomic E-state index is -2.74. The van der Waals surface area contributed by atoms with Crippen molar-refractivity contribution in [3.63, 3.8) is 0 Å². The van der Waals surface area contributed by atoms with Gasteiger partial charge in [0.15, 0.2) is 11.7 Å². The number of hydrogen-bond acceptors (Lipinski definition) is 9. The molecule has 0 radical (unpaired) electrons. The Morgan fingerprint density at radius 3 is 1.65 bits per heavy atom. The summed E-state index contributed by atoms with van der Waals surface area (Å²) in [6, 6.07) is 0. The summed E-state index contributed by atoms with van der Waals surface area (Å²) in [5.41, 5.74) is -2.74.